The molecule has 0 saturated heterocycles. The molecule has 0 radical (unpaired) electrons. The van der Waals surface area contributed by atoms with Gasteiger partial charge in [-0.25, -0.2) is 4.79 Å². The number of carbonyl (C=O) groups excluding carboxylic acids is 1. The predicted molar refractivity (Wildman–Crippen MR) is 97.8 cm³/mol. The second-order valence-electron chi connectivity index (χ2n) is 5.18. The second kappa shape index (κ2) is 8.85. The van der Waals surface area contributed by atoms with Crippen LogP contribution in [-0.4, -0.2) is 23.6 Å². The van der Waals surface area contributed by atoms with Crippen molar-refractivity contribution in [2.24, 2.45) is 0 Å². The van der Waals surface area contributed by atoms with Gasteiger partial charge in [0.1, 0.15) is 24.0 Å². The molecule has 130 valence electrons. The molecule has 0 atom stereocenters. The highest BCUT2D eigenvalue weighted by atomic mass is 16.5. The Morgan fingerprint density at radius 1 is 1.23 bits per heavy atom. The van der Waals surface area contributed by atoms with Crippen LogP contribution in [0.15, 0.2) is 66.8 Å². The minimum atomic E-state index is -1.10. The molecular weight excluding hydrogens is 332 g/mol. The number of benzene rings is 2. The van der Waals surface area contributed by atoms with E-state index in [1.54, 1.807) is 36.4 Å². The predicted octanol–water partition coefficient (Wildman–Crippen LogP) is 3.50. The lowest BCUT2D eigenvalue weighted by Gasteiger charge is -2.06. The number of hydrogen-bond acceptors (Lipinski definition) is 4. The molecule has 0 aliphatic carbocycles. The van der Waals surface area contributed by atoms with E-state index in [0.717, 1.165) is 0 Å². The van der Waals surface area contributed by atoms with Crippen LogP contribution in [0.1, 0.15) is 15.9 Å². The van der Waals surface area contributed by atoms with Crippen LogP contribution in [0.2, 0.25) is 0 Å². The van der Waals surface area contributed by atoms with Crippen molar-refractivity contribution in [1.82, 2.24) is 0 Å². The third-order valence-electron chi connectivity index (χ3n) is 3.29. The molecule has 6 heteroatoms. The normalized spacial score (nSPS) is 10.5. The summed E-state index contributed by atoms with van der Waals surface area (Å²) < 4.78 is 5.37. The first-order valence-corrected chi connectivity index (χ1v) is 7.63. The maximum atomic E-state index is 12.3. The molecule has 0 fully saturated rings. The van der Waals surface area contributed by atoms with Gasteiger partial charge in [-0.05, 0) is 42.0 Å². The first-order chi connectivity index (χ1) is 12.5. The zero-order valence-corrected chi connectivity index (χ0v) is 13.8. The molecule has 0 bridgehead atoms. The number of amides is 1. The molecule has 0 aliphatic rings. The number of aromatic carboxylic acids is 1. The van der Waals surface area contributed by atoms with Crippen LogP contribution in [0.4, 0.5) is 5.69 Å². The van der Waals surface area contributed by atoms with E-state index >= 15 is 0 Å². The Labute approximate surface area is 150 Å². The Balaban J connectivity index is 2.14. The lowest BCUT2D eigenvalue weighted by Crippen LogP contribution is -2.13. The van der Waals surface area contributed by atoms with Crippen LogP contribution in [0.25, 0.3) is 6.08 Å². The topological polar surface area (TPSA) is 99.4 Å². The second-order valence-corrected chi connectivity index (χ2v) is 5.18. The first-order valence-electron chi connectivity index (χ1n) is 7.63. The van der Waals surface area contributed by atoms with Crippen molar-refractivity contribution >= 4 is 23.6 Å². The Hall–Kier alpha value is -3.85. The van der Waals surface area contributed by atoms with E-state index < -0.39 is 11.9 Å². The zero-order chi connectivity index (χ0) is 18.9. The Bertz CT molecular complexity index is 893. The number of rotatable bonds is 7. The van der Waals surface area contributed by atoms with Crippen LogP contribution in [0.3, 0.4) is 0 Å². The van der Waals surface area contributed by atoms with Crippen molar-refractivity contribution < 1.29 is 19.4 Å². The minimum absolute atomic E-state index is 0.0420. The number of carboxylic acids is 1. The molecule has 0 aromatic heterocycles. The quantitative estimate of drug-likeness (QED) is 0.453. The summed E-state index contributed by atoms with van der Waals surface area (Å²) in [5, 5.41) is 20.7. The minimum Gasteiger partial charge on any atom is -0.490 e. The van der Waals surface area contributed by atoms with Gasteiger partial charge in [-0.1, -0.05) is 30.9 Å². The van der Waals surface area contributed by atoms with Gasteiger partial charge in [0, 0.05) is 5.69 Å². The van der Waals surface area contributed by atoms with E-state index in [9.17, 15) is 14.9 Å². The molecular formula is C20H16N2O4. The Kier molecular flexibility index (Phi) is 6.29. The number of carboxylic acid groups (broad SMARTS) is 1. The highest BCUT2D eigenvalue weighted by Crippen LogP contribution is 2.16. The first kappa shape index (κ1) is 18.5. The van der Waals surface area contributed by atoms with Crippen LogP contribution < -0.4 is 10.1 Å². The van der Waals surface area contributed by atoms with Gasteiger partial charge in [0.15, 0.2) is 0 Å². The monoisotopic (exact) mass is 348 g/mol. The van der Waals surface area contributed by atoms with E-state index in [0.29, 0.717) is 23.6 Å². The molecule has 2 aromatic rings. The molecule has 6 nitrogen and oxygen atoms in total. The van der Waals surface area contributed by atoms with Crippen molar-refractivity contribution in [3.8, 4) is 11.8 Å². The highest BCUT2D eigenvalue weighted by molar-refractivity contribution is 6.10. The van der Waals surface area contributed by atoms with Gasteiger partial charge in [0.05, 0.1) is 5.56 Å². The van der Waals surface area contributed by atoms with Gasteiger partial charge in [-0.3, -0.25) is 4.79 Å². The lowest BCUT2D eigenvalue weighted by molar-refractivity contribution is -0.112. The summed E-state index contributed by atoms with van der Waals surface area (Å²) in [6, 6.07) is 14.5. The summed E-state index contributed by atoms with van der Waals surface area (Å²) in [4.78, 5) is 23.2. The van der Waals surface area contributed by atoms with Crippen molar-refractivity contribution in [1.29, 1.82) is 5.26 Å². The number of carbonyl (C=O) groups is 2. The van der Waals surface area contributed by atoms with Gasteiger partial charge in [0.25, 0.3) is 5.91 Å². The van der Waals surface area contributed by atoms with E-state index in [1.165, 1.54) is 24.3 Å². The summed E-state index contributed by atoms with van der Waals surface area (Å²) >= 11 is 0. The molecule has 0 unspecified atom stereocenters. The number of nitriles is 1. The van der Waals surface area contributed by atoms with Crippen molar-refractivity contribution in [2.75, 3.05) is 11.9 Å². The fourth-order valence-corrected chi connectivity index (χ4v) is 2.06. The van der Waals surface area contributed by atoms with Crippen LogP contribution in [-0.2, 0) is 4.79 Å². The van der Waals surface area contributed by atoms with Crippen molar-refractivity contribution in [3.63, 3.8) is 0 Å². The van der Waals surface area contributed by atoms with E-state index in [-0.39, 0.29) is 11.1 Å². The van der Waals surface area contributed by atoms with Gasteiger partial charge in [-0.15, -0.1) is 0 Å². The third kappa shape index (κ3) is 5.08. The number of hydrogen-bond donors (Lipinski definition) is 2. The third-order valence-corrected chi connectivity index (χ3v) is 3.29. The zero-order valence-electron chi connectivity index (χ0n) is 13.8. The summed E-state index contributed by atoms with van der Waals surface area (Å²) in [6.07, 6.45) is 3.07. The largest absolute Gasteiger partial charge is 0.490 e. The summed E-state index contributed by atoms with van der Waals surface area (Å²) in [6.45, 7) is 3.95. The molecule has 26 heavy (non-hydrogen) atoms. The number of nitrogens with one attached hydrogen (secondary N) is 1. The Morgan fingerprint density at radius 2 is 1.96 bits per heavy atom. The fourth-order valence-electron chi connectivity index (χ4n) is 2.06. The highest BCUT2D eigenvalue weighted by Gasteiger charge is 2.11. The number of nitrogens with zero attached hydrogens (tertiary/aromatic N) is 1. The molecule has 0 spiro atoms. The molecule has 2 aromatic carbocycles. The van der Waals surface area contributed by atoms with Crippen molar-refractivity contribution in [3.05, 3.63) is 77.9 Å². The molecule has 0 saturated carbocycles. The smallest absolute Gasteiger partial charge is 0.335 e. The summed E-state index contributed by atoms with van der Waals surface area (Å²) in [5.74, 6) is -1.08. The van der Waals surface area contributed by atoms with E-state index in [4.69, 9.17) is 9.84 Å². The maximum absolute atomic E-state index is 12.3. The van der Waals surface area contributed by atoms with E-state index in [2.05, 4.69) is 11.9 Å². The summed E-state index contributed by atoms with van der Waals surface area (Å²) in [5.41, 5.74) is 0.886. The Morgan fingerprint density at radius 3 is 2.58 bits per heavy atom. The van der Waals surface area contributed by atoms with Gasteiger partial charge in [-0.2, -0.15) is 5.26 Å². The number of ether oxygens (including phenoxy) is 1. The fraction of sp³-hybridized carbons (Fsp3) is 0.0500. The molecule has 2 rings (SSSR count). The molecule has 1 amide bonds. The van der Waals surface area contributed by atoms with Crippen LogP contribution >= 0.6 is 0 Å². The van der Waals surface area contributed by atoms with Gasteiger partial charge < -0.3 is 15.2 Å². The van der Waals surface area contributed by atoms with Gasteiger partial charge >= 0.3 is 5.97 Å². The average molecular weight is 348 g/mol. The van der Waals surface area contributed by atoms with Crippen LogP contribution in [0.5, 0.6) is 5.75 Å². The molecule has 0 aliphatic heterocycles. The van der Waals surface area contributed by atoms with Crippen LogP contribution in [0, 0.1) is 11.3 Å². The average Bonchev–Trinajstić information content (AvgIpc) is 2.65. The molecule has 0 heterocycles. The maximum Gasteiger partial charge on any atom is 0.335 e. The van der Waals surface area contributed by atoms with E-state index in [1.807, 2.05) is 6.07 Å². The lowest BCUT2D eigenvalue weighted by atomic mass is 10.1. The number of anilines is 1. The SMILES string of the molecule is C=CCOc1ccc(C=C(C#N)C(=O)Nc2cccc(C(=O)O)c2)cc1. The van der Waals surface area contributed by atoms with Gasteiger partial charge in [0.2, 0.25) is 0 Å². The molecule has 2 N–H and O–H groups in total. The summed E-state index contributed by atoms with van der Waals surface area (Å²) in [7, 11) is 0. The standard InChI is InChI=1S/C20H16N2O4/c1-2-10-26-18-8-6-14(7-9-18)11-16(13-21)19(23)22-17-5-3-4-15(12-17)20(24)25/h2-9,11-12H,1,10H2,(H,22,23)(H,24,25). The van der Waals surface area contributed by atoms with Crippen molar-refractivity contribution in [2.45, 2.75) is 0 Å².